The Kier molecular flexibility index (Phi) is 7.68. The fourth-order valence-electron chi connectivity index (χ4n) is 4.19. The quantitative estimate of drug-likeness (QED) is 0.443. The lowest BCUT2D eigenvalue weighted by molar-refractivity contribution is 0.204. The van der Waals surface area contributed by atoms with Crippen LogP contribution < -0.4 is 9.80 Å². The Labute approximate surface area is 192 Å². The van der Waals surface area contributed by atoms with Gasteiger partial charge < -0.3 is 28.7 Å². The van der Waals surface area contributed by atoms with Crippen molar-refractivity contribution in [2.24, 2.45) is 0 Å². The largest absolute Gasteiger partial charge is 0.383 e. The number of benzene rings is 2. The van der Waals surface area contributed by atoms with Crippen LogP contribution in [0.4, 0.5) is 11.4 Å². The highest BCUT2D eigenvalue weighted by Gasteiger charge is 2.27. The fraction of sp³-hybridized carbons (Fsp3) is 0.538. The molecular formula is C26H36N2O4. The standard InChI is InChI=1S/C26H36N2O4/c1-19-13-21(27(9-11-29-3)15-23-17-31-23)5-7-25(19)26-8-6-22(14-20(26)2)28(10-12-30-4)16-24-18-32-24/h5-8,13-14,23-24H,9-12,15-18H2,1-4H3. The molecule has 6 nitrogen and oxygen atoms in total. The van der Waals surface area contributed by atoms with E-state index in [2.05, 4.69) is 60.0 Å². The van der Waals surface area contributed by atoms with Gasteiger partial charge >= 0.3 is 0 Å². The van der Waals surface area contributed by atoms with E-state index in [0.717, 1.165) is 39.4 Å². The Hall–Kier alpha value is -2.12. The van der Waals surface area contributed by atoms with Crippen LogP contribution in [0.1, 0.15) is 11.1 Å². The first kappa shape index (κ1) is 23.1. The van der Waals surface area contributed by atoms with E-state index in [1.165, 1.54) is 33.6 Å². The number of ether oxygens (including phenoxy) is 4. The summed E-state index contributed by atoms with van der Waals surface area (Å²) >= 11 is 0. The van der Waals surface area contributed by atoms with Crippen LogP contribution in [0.3, 0.4) is 0 Å². The molecule has 2 atom stereocenters. The van der Waals surface area contributed by atoms with Crippen molar-refractivity contribution in [1.29, 1.82) is 0 Å². The van der Waals surface area contributed by atoms with Crippen LogP contribution >= 0.6 is 0 Å². The van der Waals surface area contributed by atoms with Gasteiger partial charge in [-0.2, -0.15) is 0 Å². The third kappa shape index (κ3) is 6.01. The van der Waals surface area contributed by atoms with Crippen LogP contribution in [0.25, 0.3) is 11.1 Å². The molecule has 0 aliphatic carbocycles. The van der Waals surface area contributed by atoms with Gasteiger partial charge in [0.25, 0.3) is 0 Å². The number of rotatable bonds is 13. The zero-order valence-electron chi connectivity index (χ0n) is 19.8. The lowest BCUT2D eigenvalue weighted by atomic mass is 9.95. The molecule has 0 bridgehead atoms. The SMILES string of the molecule is COCCN(CC1CO1)c1ccc(-c2ccc(N(CCOC)CC3CO3)cc2C)c(C)c1. The van der Waals surface area contributed by atoms with Crippen LogP contribution in [0.15, 0.2) is 36.4 Å². The van der Waals surface area contributed by atoms with Gasteiger partial charge in [0.05, 0.1) is 38.6 Å². The molecule has 2 aliphatic heterocycles. The third-order valence-corrected chi connectivity index (χ3v) is 6.22. The Bertz CT molecular complexity index is 822. The zero-order valence-corrected chi connectivity index (χ0v) is 19.8. The van der Waals surface area contributed by atoms with Crippen molar-refractivity contribution in [2.75, 3.05) is 76.6 Å². The first-order chi connectivity index (χ1) is 15.6. The van der Waals surface area contributed by atoms with Gasteiger partial charge in [0.15, 0.2) is 0 Å². The summed E-state index contributed by atoms with van der Waals surface area (Å²) in [6, 6.07) is 13.5. The topological polar surface area (TPSA) is 50.0 Å². The number of anilines is 2. The molecule has 2 heterocycles. The number of hydrogen-bond donors (Lipinski definition) is 0. The normalized spacial score (nSPS) is 19.1. The summed E-state index contributed by atoms with van der Waals surface area (Å²) in [5, 5.41) is 0. The Balaban J connectivity index is 1.53. The summed E-state index contributed by atoms with van der Waals surface area (Å²) in [5.41, 5.74) is 7.56. The smallest absolute Gasteiger partial charge is 0.0984 e. The maximum atomic E-state index is 5.46. The van der Waals surface area contributed by atoms with Crippen LogP contribution in [0.5, 0.6) is 0 Å². The predicted molar refractivity (Wildman–Crippen MR) is 129 cm³/mol. The summed E-state index contributed by atoms with van der Waals surface area (Å²) in [5.74, 6) is 0. The molecular weight excluding hydrogens is 404 g/mol. The molecule has 32 heavy (non-hydrogen) atoms. The highest BCUT2D eigenvalue weighted by atomic mass is 16.6. The van der Waals surface area contributed by atoms with Crippen molar-refractivity contribution in [3.05, 3.63) is 47.5 Å². The van der Waals surface area contributed by atoms with Gasteiger partial charge in [0, 0.05) is 51.8 Å². The highest BCUT2D eigenvalue weighted by Crippen LogP contribution is 2.33. The van der Waals surface area contributed by atoms with Gasteiger partial charge in [0.2, 0.25) is 0 Å². The van der Waals surface area contributed by atoms with Gasteiger partial charge in [-0.3, -0.25) is 0 Å². The van der Waals surface area contributed by atoms with Crippen molar-refractivity contribution in [1.82, 2.24) is 0 Å². The molecule has 0 radical (unpaired) electrons. The lowest BCUT2D eigenvalue weighted by Gasteiger charge is -2.26. The second kappa shape index (κ2) is 10.7. The molecule has 0 aromatic heterocycles. The van der Waals surface area contributed by atoms with Crippen molar-refractivity contribution in [3.63, 3.8) is 0 Å². The summed E-state index contributed by atoms with van der Waals surface area (Å²) < 4.78 is 21.6. The second-order valence-electron chi connectivity index (χ2n) is 8.79. The number of hydrogen-bond acceptors (Lipinski definition) is 6. The van der Waals surface area contributed by atoms with Gasteiger partial charge in [-0.05, 0) is 60.4 Å². The van der Waals surface area contributed by atoms with Gasteiger partial charge in [-0.1, -0.05) is 12.1 Å². The van der Waals surface area contributed by atoms with Crippen molar-refractivity contribution < 1.29 is 18.9 Å². The van der Waals surface area contributed by atoms with Crippen LogP contribution in [-0.2, 0) is 18.9 Å². The minimum absolute atomic E-state index is 0.351. The van der Waals surface area contributed by atoms with E-state index in [4.69, 9.17) is 18.9 Å². The van der Waals surface area contributed by atoms with Crippen molar-refractivity contribution in [2.45, 2.75) is 26.1 Å². The minimum atomic E-state index is 0.351. The Morgan fingerprint density at radius 3 is 1.47 bits per heavy atom. The maximum absolute atomic E-state index is 5.46. The van der Waals surface area contributed by atoms with E-state index in [1.54, 1.807) is 14.2 Å². The van der Waals surface area contributed by atoms with E-state index in [0.29, 0.717) is 25.4 Å². The zero-order chi connectivity index (χ0) is 22.5. The Morgan fingerprint density at radius 2 is 1.16 bits per heavy atom. The molecule has 6 heteroatoms. The summed E-state index contributed by atoms with van der Waals surface area (Å²) in [7, 11) is 3.50. The predicted octanol–water partition coefficient (Wildman–Crippen LogP) is 3.67. The van der Waals surface area contributed by atoms with E-state index in [9.17, 15) is 0 Å². The number of epoxide rings is 2. The third-order valence-electron chi connectivity index (χ3n) is 6.22. The molecule has 2 fully saturated rings. The molecule has 2 aromatic carbocycles. The van der Waals surface area contributed by atoms with Crippen molar-refractivity contribution >= 4 is 11.4 Å². The van der Waals surface area contributed by atoms with Crippen LogP contribution in [-0.4, -0.2) is 79.0 Å². The van der Waals surface area contributed by atoms with E-state index in [1.807, 2.05) is 0 Å². The summed E-state index contributed by atoms with van der Waals surface area (Å²) in [6.45, 7) is 11.1. The molecule has 2 saturated heterocycles. The molecule has 0 amide bonds. The fourth-order valence-corrected chi connectivity index (χ4v) is 4.19. The molecule has 174 valence electrons. The number of nitrogens with zero attached hydrogens (tertiary/aromatic N) is 2. The average molecular weight is 441 g/mol. The van der Waals surface area contributed by atoms with Crippen molar-refractivity contribution in [3.8, 4) is 11.1 Å². The van der Waals surface area contributed by atoms with Crippen LogP contribution in [0, 0.1) is 13.8 Å². The molecule has 2 aliphatic rings. The maximum Gasteiger partial charge on any atom is 0.0984 e. The van der Waals surface area contributed by atoms with Gasteiger partial charge in [0.1, 0.15) is 0 Å². The monoisotopic (exact) mass is 440 g/mol. The number of aryl methyl sites for hydroxylation is 2. The number of methoxy groups -OCH3 is 2. The minimum Gasteiger partial charge on any atom is -0.383 e. The van der Waals surface area contributed by atoms with E-state index in [-0.39, 0.29) is 0 Å². The van der Waals surface area contributed by atoms with E-state index >= 15 is 0 Å². The molecule has 0 N–H and O–H groups in total. The van der Waals surface area contributed by atoms with Crippen LogP contribution in [0.2, 0.25) is 0 Å². The average Bonchev–Trinajstić information content (AvgIpc) is 3.71. The highest BCUT2D eigenvalue weighted by molar-refractivity contribution is 5.75. The second-order valence-corrected chi connectivity index (χ2v) is 8.79. The first-order valence-corrected chi connectivity index (χ1v) is 11.5. The molecule has 2 unspecified atom stereocenters. The summed E-state index contributed by atoms with van der Waals surface area (Å²) in [4.78, 5) is 4.73. The first-order valence-electron chi connectivity index (χ1n) is 11.5. The lowest BCUT2D eigenvalue weighted by Crippen LogP contribution is -2.31. The summed E-state index contributed by atoms with van der Waals surface area (Å²) in [6.07, 6.45) is 0.701. The molecule has 0 spiro atoms. The van der Waals surface area contributed by atoms with Gasteiger partial charge in [-0.15, -0.1) is 0 Å². The Morgan fingerprint density at radius 1 is 0.750 bits per heavy atom. The molecule has 4 rings (SSSR count). The molecule has 2 aromatic rings. The molecule has 0 saturated carbocycles. The van der Waals surface area contributed by atoms with E-state index < -0.39 is 0 Å². The van der Waals surface area contributed by atoms with Gasteiger partial charge in [-0.25, -0.2) is 0 Å².